The molecule has 1 aromatic rings. The second kappa shape index (κ2) is 3.94. The summed E-state index contributed by atoms with van der Waals surface area (Å²) < 4.78 is 24.2. The number of anilines is 1. The van der Waals surface area contributed by atoms with Crippen molar-refractivity contribution in [3.8, 4) is 0 Å². The Hall–Kier alpha value is -1.11. The first-order chi connectivity index (χ1) is 8.43. The number of sulfonamides is 1. The minimum absolute atomic E-state index is 0.341. The highest BCUT2D eigenvalue weighted by atomic mass is 32.2. The van der Waals surface area contributed by atoms with Gasteiger partial charge in [-0.15, -0.1) is 0 Å². The fourth-order valence-corrected chi connectivity index (χ4v) is 3.50. The molecule has 5 nitrogen and oxygen atoms in total. The second-order valence-electron chi connectivity index (χ2n) is 5.17. The highest BCUT2D eigenvalue weighted by Crippen LogP contribution is 2.29. The van der Waals surface area contributed by atoms with E-state index >= 15 is 0 Å². The second-order valence-corrected chi connectivity index (χ2v) is 7.15. The highest BCUT2D eigenvalue weighted by Gasteiger charge is 2.38. The lowest BCUT2D eigenvalue weighted by atomic mass is 10.1. The lowest BCUT2D eigenvalue weighted by Crippen LogP contribution is -2.59. The Morgan fingerprint density at radius 3 is 2.56 bits per heavy atom. The summed E-state index contributed by atoms with van der Waals surface area (Å²) in [4.78, 5) is 2.33. The summed E-state index contributed by atoms with van der Waals surface area (Å²) in [5, 5.41) is 0. The van der Waals surface area contributed by atoms with Crippen molar-refractivity contribution < 1.29 is 8.42 Å². The Labute approximate surface area is 107 Å². The van der Waals surface area contributed by atoms with Gasteiger partial charge in [0.15, 0.2) is 0 Å². The Morgan fingerprint density at radius 1 is 1.22 bits per heavy atom. The van der Waals surface area contributed by atoms with Crippen molar-refractivity contribution in [2.45, 2.75) is 19.1 Å². The van der Waals surface area contributed by atoms with Crippen LogP contribution in [0.4, 0.5) is 5.69 Å². The van der Waals surface area contributed by atoms with E-state index in [0.29, 0.717) is 19.1 Å². The van der Waals surface area contributed by atoms with Crippen molar-refractivity contribution in [3.05, 3.63) is 29.3 Å². The minimum Gasteiger partial charge on any atom is -0.399 e. The first kappa shape index (κ1) is 12.0. The molecule has 2 heterocycles. The topological polar surface area (TPSA) is 66.6 Å². The fraction of sp³-hybridized carbons (Fsp3) is 0.500. The van der Waals surface area contributed by atoms with Crippen LogP contribution in [0, 0.1) is 0 Å². The zero-order chi connectivity index (χ0) is 12.9. The van der Waals surface area contributed by atoms with Crippen LogP contribution in [0.2, 0.25) is 0 Å². The van der Waals surface area contributed by atoms with E-state index in [1.54, 1.807) is 0 Å². The standard InChI is InChI=1S/C12H17N3O2S/c1-18(16,17)15-7-12(8-15)14-5-9-2-3-11(13)4-10(9)6-14/h2-4,12H,5-8,13H2,1H3. The third-order valence-electron chi connectivity index (χ3n) is 3.79. The van der Waals surface area contributed by atoms with Crippen LogP contribution >= 0.6 is 0 Å². The zero-order valence-electron chi connectivity index (χ0n) is 10.3. The third-order valence-corrected chi connectivity index (χ3v) is 5.03. The van der Waals surface area contributed by atoms with Gasteiger partial charge in [-0.3, -0.25) is 4.90 Å². The van der Waals surface area contributed by atoms with E-state index in [1.165, 1.54) is 21.7 Å². The molecule has 1 aromatic carbocycles. The van der Waals surface area contributed by atoms with Crippen LogP contribution in [0.1, 0.15) is 11.1 Å². The number of fused-ring (bicyclic) bond motifs is 1. The predicted molar refractivity (Wildman–Crippen MR) is 70.3 cm³/mol. The maximum Gasteiger partial charge on any atom is 0.211 e. The van der Waals surface area contributed by atoms with Gasteiger partial charge in [0.1, 0.15) is 0 Å². The van der Waals surface area contributed by atoms with Crippen molar-refractivity contribution in [2.75, 3.05) is 25.1 Å². The third kappa shape index (κ3) is 2.00. The lowest BCUT2D eigenvalue weighted by molar-refractivity contribution is 0.0865. The molecule has 1 fully saturated rings. The van der Waals surface area contributed by atoms with Gasteiger partial charge in [0.2, 0.25) is 10.0 Å². The molecule has 0 spiro atoms. The van der Waals surface area contributed by atoms with Crippen LogP contribution in [-0.2, 0) is 23.1 Å². The summed E-state index contributed by atoms with van der Waals surface area (Å²) in [6.45, 7) is 3.01. The van der Waals surface area contributed by atoms with Gasteiger partial charge < -0.3 is 5.73 Å². The van der Waals surface area contributed by atoms with Crippen LogP contribution in [0.25, 0.3) is 0 Å². The number of nitrogens with zero attached hydrogens (tertiary/aromatic N) is 2. The van der Waals surface area contributed by atoms with Crippen molar-refractivity contribution in [3.63, 3.8) is 0 Å². The zero-order valence-corrected chi connectivity index (χ0v) is 11.2. The SMILES string of the molecule is CS(=O)(=O)N1CC(N2Cc3ccc(N)cc3C2)C1. The van der Waals surface area contributed by atoms with Gasteiger partial charge in [0.05, 0.1) is 6.26 Å². The summed E-state index contributed by atoms with van der Waals surface area (Å²) in [5.41, 5.74) is 9.14. The van der Waals surface area contributed by atoms with Crippen LogP contribution in [-0.4, -0.2) is 43.0 Å². The summed E-state index contributed by atoms with van der Waals surface area (Å²) in [6, 6.07) is 6.35. The first-order valence-electron chi connectivity index (χ1n) is 6.00. The molecule has 0 saturated carbocycles. The average molecular weight is 267 g/mol. The van der Waals surface area contributed by atoms with Crippen molar-refractivity contribution in [1.29, 1.82) is 0 Å². The summed E-state index contributed by atoms with van der Waals surface area (Å²) in [5.74, 6) is 0. The summed E-state index contributed by atoms with van der Waals surface area (Å²) in [7, 11) is -3.02. The highest BCUT2D eigenvalue weighted by molar-refractivity contribution is 7.88. The molecule has 0 bridgehead atoms. The van der Waals surface area contributed by atoms with E-state index in [0.717, 1.165) is 18.8 Å². The number of rotatable bonds is 2. The van der Waals surface area contributed by atoms with Crippen molar-refractivity contribution in [2.24, 2.45) is 0 Å². The van der Waals surface area contributed by atoms with E-state index in [2.05, 4.69) is 11.0 Å². The largest absolute Gasteiger partial charge is 0.399 e. The molecule has 3 rings (SSSR count). The van der Waals surface area contributed by atoms with Crippen molar-refractivity contribution in [1.82, 2.24) is 9.21 Å². The molecule has 2 aliphatic rings. The maximum absolute atomic E-state index is 11.3. The van der Waals surface area contributed by atoms with E-state index < -0.39 is 10.0 Å². The number of benzene rings is 1. The van der Waals surface area contributed by atoms with E-state index in [4.69, 9.17) is 5.73 Å². The molecule has 1 saturated heterocycles. The molecule has 18 heavy (non-hydrogen) atoms. The van der Waals surface area contributed by atoms with Crippen LogP contribution in [0.3, 0.4) is 0 Å². The number of nitrogens with two attached hydrogens (primary N) is 1. The number of hydrogen-bond donors (Lipinski definition) is 1. The Bertz CT molecular complexity index is 579. The predicted octanol–water partition coefficient (Wildman–Crippen LogP) is 0.228. The summed E-state index contributed by atoms with van der Waals surface area (Å²) >= 11 is 0. The molecular weight excluding hydrogens is 250 g/mol. The molecular formula is C12H17N3O2S. The van der Waals surface area contributed by atoms with E-state index in [1.807, 2.05) is 12.1 Å². The molecule has 6 heteroatoms. The maximum atomic E-state index is 11.3. The van der Waals surface area contributed by atoms with Crippen LogP contribution < -0.4 is 5.73 Å². The lowest BCUT2D eigenvalue weighted by Gasteiger charge is -2.42. The quantitative estimate of drug-likeness (QED) is 0.779. The van der Waals surface area contributed by atoms with Gasteiger partial charge in [-0.1, -0.05) is 6.07 Å². The molecule has 0 atom stereocenters. The molecule has 0 amide bonds. The average Bonchev–Trinajstić information content (AvgIpc) is 2.55. The monoisotopic (exact) mass is 267 g/mol. The van der Waals surface area contributed by atoms with Crippen LogP contribution in [0.5, 0.6) is 0 Å². The van der Waals surface area contributed by atoms with Crippen LogP contribution in [0.15, 0.2) is 18.2 Å². The van der Waals surface area contributed by atoms with Gasteiger partial charge in [0.25, 0.3) is 0 Å². The van der Waals surface area contributed by atoms with Crippen molar-refractivity contribution >= 4 is 15.7 Å². The smallest absolute Gasteiger partial charge is 0.211 e. The number of hydrogen-bond acceptors (Lipinski definition) is 4. The van der Waals surface area contributed by atoms with Gasteiger partial charge in [-0.05, 0) is 23.3 Å². The fourth-order valence-electron chi connectivity index (χ4n) is 2.62. The first-order valence-corrected chi connectivity index (χ1v) is 7.85. The molecule has 0 unspecified atom stereocenters. The molecule has 0 aliphatic carbocycles. The molecule has 0 radical (unpaired) electrons. The van der Waals surface area contributed by atoms with Gasteiger partial charge in [0, 0.05) is 37.9 Å². The number of nitrogen functional groups attached to an aromatic ring is 1. The Balaban J connectivity index is 1.66. The Morgan fingerprint density at radius 2 is 1.89 bits per heavy atom. The van der Waals surface area contributed by atoms with Gasteiger partial charge >= 0.3 is 0 Å². The van der Waals surface area contributed by atoms with Gasteiger partial charge in [-0.25, -0.2) is 8.42 Å². The van der Waals surface area contributed by atoms with Gasteiger partial charge in [-0.2, -0.15) is 4.31 Å². The molecule has 0 aromatic heterocycles. The van der Waals surface area contributed by atoms with E-state index in [-0.39, 0.29) is 0 Å². The van der Waals surface area contributed by atoms with E-state index in [9.17, 15) is 8.42 Å². The summed E-state index contributed by atoms with van der Waals surface area (Å²) in [6.07, 6.45) is 1.27. The Kier molecular flexibility index (Phi) is 2.62. The molecule has 2 N–H and O–H groups in total. The molecule has 2 aliphatic heterocycles. The minimum atomic E-state index is -3.02. The molecule has 98 valence electrons. The normalized spacial score (nSPS) is 21.8.